The second-order valence-electron chi connectivity index (χ2n) is 4.41. The average molecular weight is 328 g/mol. The number of hydrogen-bond acceptors (Lipinski definition) is 3. The van der Waals surface area contributed by atoms with Crippen LogP contribution >= 0.6 is 38.6 Å². The fourth-order valence-electron chi connectivity index (χ4n) is 2.32. The number of fused-ring (bicyclic) bond motifs is 1. The minimum atomic E-state index is 0.0416. The van der Waals surface area contributed by atoms with Crippen molar-refractivity contribution in [1.29, 1.82) is 0 Å². The number of hydrogen-bond donors (Lipinski definition) is 1. The summed E-state index contributed by atoms with van der Waals surface area (Å²) in [6.45, 7) is 0. The van der Waals surface area contributed by atoms with Gasteiger partial charge in [-0.05, 0) is 64.7 Å². The maximum Gasteiger partial charge on any atom is 0.0751 e. The summed E-state index contributed by atoms with van der Waals surface area (Å²) >= 11 is 7.22. The lowest BCUT2D eigenvalue weighted by molar-refractivity contribution is 0.696. The van der Waals surface area contributed by atoms with Crippen LogP contribution in [0.4, 0.5) is 0 Å². The topological polar surface area (TPSA) is 26.0 Å². The van der Waals surface area contributed by atoms with E-state index in [9.17, 15) is 0 Å². The Morgan fingerprint density at radius 1 is 1.29 bits per heavy atom. The highest BCUT2D eigenvalue weighted by Crippen LogP contribution is 2.37. The van der Waals surface area contributed by atoms with Crippen molar-refractivity contribution in [2.75, 3.05) is 0 Å². The highest BCUT2D eigenvalue weighted by atomic mass is 79.9. The quantitative estimate of drug-likeness (QED) is 0.863. The van der Waals surface area contributed by atoms with E-state index in [0.29, 0.717) is 0 Å². The van der Waals surface area contributed by atoms with E-state index in [1.165, 1.54) is 35.4 Å². The number of nitrogens with two attached hydrogens (primary N) is 1. The van der Waals surface area contributed by atoms with Gasteiger partial charge in [-0.1, -0.05) is 0 Å². The lowest BCUT2D eigenvalue weighted by atomic mass is 9.99. The third-order valence-electron chi connectivity index (χ3n) is 3.25. The molecule has 0 bridgehead atoms. The largest absolute Gasteiger partial charge is 0.319 e. The Morgan fingerprint density at radius 2 is 2.12 bits per heavy atom. The number of aryl methyl sites for hydroxylation is 2. The summed E-state index contributed by atoms with van der Waals surface area (Å²) in [6, 6.07) is 4.45. The molecule has 0 aliphatic heterocycles. The maximum atomic E-state index is 6.36. The van der Waals surface area contributed by atoms with Gasteiger partial charge in [0, 0.05) is 19.1 Å². The van der Waals surface area contributed by atoms with Gasteiger partial charge in [-0.15, -0.1) is 22.7 Å². The van der Waals surface area contributed by atoms with E-state index in [2.05, 4.69) is 33.4 Å². The third kappa shape index (κ3) is 2.24. The molecule has 0 fully saturated rings. The van der Waals surface area contributed by atoms with Gasteiger partial charge in [-0.25, -0.2) is 0 Å². The van der Waals surface area contributed by atoms with Crippen LogP contribution in [0.2, 0.25) is 0 Å². The lowest BCUT2D eigenvalue weighted by Crippen LogP contribution is -2.08. The highest BCUT2D eigenvalue weighted by molar-refractivity contribution is 9.10. The van der Waals surface area contributed by atoms with Crippen LogP contribution in [0.3, 0.4) is 0 Å². The van der Waals surface area contributed by atoms with Crippen LogP contribution in [-0.4, -0.2) is 0 Å². The van der Waals surface area contributed by atoms with Gasteiger partial charge >= 0.3 is 0 Å². The third-order valence-corrected chi connectivity index (χ3v) is 6.52. The van der Waals surface area contributed by atoms with Crippen molar-refractivity contribution in [2.45, 2.75) is 31.7 Å². The summed E-state index contributed by atoms with van der Waals surface area (Å²) in [5.41, 5.74) is 7.91. The molecule has 0 saturated heterocycles. The van der Waals surface area contributed by atoms with E-state index >= 15 is 0 Å². The standard InChI is InChI=1S/C13H14BrNS2/c14-9-5-6-16-13(9)12(15)11-7-8-3-1-2-4-10(8)17-11/h5-7,12H,1-4,15H2. The molecule has 0 amide bonds. The van der Waals surface area contributed by atoms with Crippen LogP contribution in [0, 0.1) is 0 Å². The Kier molecular flexibility index (Phi) is 3.39. The summed E-state index contributed by atoms with van der Waals surface area (Å²) in [7, 11) is 0. The summed E-state index contributed by atoms with van der Waals surface area (Å²) in [4.78, 5) is 4.12. The first-order chi connectivity index (χ1) is 8.25. The SMILES string of the molecule is NC(c1cc2c(s1)CCCC2)c1sccc1Br. The smallest absolute Gasteiger partial charge is 0.0751 e. The van der Waals surface area contributed by atoms with Crippen molar-refractivity contribution < 1.29 is 0 Å². The van der Waals surface area contributed by atoms with Gasteiger partial charge in [0.25, 0.3) is 0 Å². The van der Waals surface area contributed by atoms with E-state index in [4.69, 9.17) is 5.73 Å². The Labute approximate surface area is 118 Å². The van der Waals surface area contributed by atoms with E-state index in [1.54, 1.807) is 21.8 Å². The normalized spacial score (nSPS) is 16.8. The average Bonchev–Trinajstić information content (AvgIpc) is 2.93. The van der Waals surface area contributed by atoms with E-state index in [1.807, 2.05) is 11.3 Å². The molecule has 90 valence electrons. The Bertz CT molecular complexity index is 506. The predicted octanol–water partition coefficient (Wildman–Crippen LogP) is 4.50. The number of thiophene rings is 2. The van der Waals surface area contributed by atoms with Crippen LogP contribution in [0.25, 0.3) is 0 Å². The van der Waals surface area contributed by atoms with Gasteiger partial charge in [-0.3, -0.25) is 0 Å². The molecule has 2 heterocycles. The summed E-state index contributed by atoms with van der Waals surface area (Å²) in [6.07, 6.45) is 5.16. The zero-order chi connectivity index (χ0) is 11.8. The van der Waals surface area contributed by atoms with Crippen LogP contribution in [0.1, 0.15) is 39.1 Å². The second kappa shape index (κ2) is 4.84. The second-order valence-corrected chi connectivity index (χ2v) is 7.39. The van der Waals surface area contributed by atoms with Crippen molar-refractivity contribution in [1.82, 2.24) is 0 Å². The minimum Gasteiger partial charge on any atom is -0.319 e. The van der Waals surface area contributed by atoms with E-state index in [-0.39, 0.29) is 6.04 Å². The Hall–Kier alpha value is -0.160. The van der Waals surface area contributed by atoms with Gasteiger partial charge in [0.1, 0.15) is 0 Å². The number of halogens is 1. The molecule has 3 rings (SSSR count). The molecular weight excluding hydrogens is 314 g/mol. The Morgan fingerprint density at radius 3 is 2.82 bits per heavy atom. The molecule has 1 nitrogen and oxygen atoms in total. The first-order valence-electron chi connectivity index (χ1n) is 5.85. The Balaban J connectivity index is 1.94. The molecule has 1 aliphatic carbocycles. The molecule has 2 aromatic heterocycles. The highest BCUT2D eigenvalue weighted by Gasteiger charge is 2.19. The van der Waals surface area contributed by atoms with E-state index in [0.717, 1.165) is 4.47 Å². The van der Waals surface area contributed by atoms with Gasteiger partial charge in [0.2, 0.25) is 0 Å². The first-order valence-corrected chi connectivity index (χ1v) is 8.34. The monoisotopic (exact) mass is 327 g/mol. The summed E-state index contributed by atoms with van der Waals surface area (Å²) in [5, 5.41) is 2.09. The summed E-state index contributed by atoms with van der Waals surface area (Å²) < 4.78 is 1.14. The molecule has 0 aromatic carbocycles. The van der Waals surface area contributed by atoms with Crippen molar-refractivity contribution in [3.05, 3.63) is 42.2 Å². The van der Waals surface area contributed by atoms with Gasteiger partial charge in [-0.2, -0.15) is 0 Å². The molecule has 0 spiro atoms. The van der Waals surface area contributed by atoms with Crippen LogP contribution < -0.4 is 5.73 Å². The zero-order valence-corrected chi connectivity index (χ0v) is 12.6. The molecule has 17 heavy (non-hydrogen) atoms. The molecular formula is C13H14BrNS2. The van der Waals surface area contributed by atoms with Crippen LogP contribution in [0.5, 0.6) is 0 Å². The lowest BCUT2D eigenvalue weighted by Gasteiger charge is -2.08. The molecule has 1 unspecified atom stereocenters. The number of rotatable bonds is 2. The molecule has 1 atom stereocenters. The molecule has 0 radical (unpaired) electrons. The van der Waals surface area contributed by atoms with Crippen LogP contribution in [-0.2, 0) is 12.8 Å². The molecule has 0 saturated carbocycles. The van der Waals surface area contributed by atoms with Gasteiger partial charge in [0.15, 0.2) is 0 Å². The van der Waals surface area contributed by atoms with Crippen molar-refractivity contribution in [2.24, 2.45) is 5.73 Å². The zero-order valence-electron chi connectivity index (χ0n) is 9.41. The molecule has 1 aliphatic rings. The maximum absolute atomic E-state index is 6.36. The molecule has 2 aromatic rings. The van der Waals surface area contributed by atoms with Gasteiger partial charge in [0.05, 0.1) is 6.04 Å². The predicted molar refractivity (Wildman–Crippen MR) is 79.0 cm³/mol. The fraction of sp³-hybridized carbons (Fsp3) is 0.385. The first kappa shape index (κ1) is 11.9. The minimum absolute atomic E-state index is 0.0416. The van der Waals surface area contributed by atoms with Crippen molar-refractivity contribution >= 4 is 38.6 Å². The fourth-order valence-corrected chi connectivity index (χ4v) is 5.31. The van der Waals surface area contributed by atoms with Crippen molar-refractivity contribution in [3.8, 4) is 0 Å². The molecule has 2 N–H and O–H groups in total. The van der Waals surface area contributed by atoms with Crippen LogP contribution in [0.15, 0.2) is 22.0 Å². The van der Waals surface area contributed by atoms with Gasteiger partial charge < -0.3 is 5.73 Å². The molecule has 4 heteroatoms. The van der Waals surface area contributed by atoms with E-state index < -0.39 is 0 Å². The summed E-state index contributed by atoms with van der Waals surface area (Å²) in [5.74, 6) is 0. The van der Waals surface area contributed by atoms with Crippen molar-refractivity contribution in [3.63, 3.8) is 0 Å².